The lowest BCUT2D eigenvalue weighted by Gasteiger charge is -2.19. The molecule has 2 heterocycles. The van der Waals surface area contributed by atoms with Gasteiger partial charge in [-0.15, -0.1) is 38.7 Å². The summed E-state index contributed by atoms with van der Waals surface area (Å²) >= 11 is 31.5. The van der Waals surface area contributed by atoms with Crippen LogP contribution in [0, 0.1) is 27.8 Å². The van der Waals surface area contributed by atoms with E-state index in [1.54, 1.807) is 51.1 Å². The van der Waals surface area contributed by atoms with E-state index in [1.165, 1.54) is 54.6 Å². The van der Waals surface area contributed by atoms with Crippen molar-refractivity contribution < 1.29 is 84.6 Å². The minimum absolute atomic E-state index is 0.0947. The number of aromatic nitrogens is 2. The molecule has 2 aromatic heterocycles. The molecule has 0 unspecified atom stereocenters. The van der Waals surface area contributed by atoms with E-state index in [4.69, 9.17) is 89.2 Å². The van der Waals surface area contributed by atoms with Crippen molar-refractivity contribution in [3.63, 3.8) is 0 Å². The van der Waals surface area contributed by atoms with Crippen molar-refractivity contribution in [3.05, 3.63) is 281 Å². The van der Waals surface area contributed by atoms with Gasteiger partial charge in [0.1, 0.15) is 41.6 Å². The number of aryl methyl sites for hydroxylation is 6. The molecule has 0 atom stereocenters. The normalized spacial score (nSPS) is 10.6. The Balaban J connectivity index is 0.000000412. The number of fused-ring (bicyclic) bond motifs is 2. The van der Waals surface area contributed by atoms with Gasteiger partial charge >= 0.3 is 24.9 Å². The molecule has 0 spiro atoms. The average molecular weight is 2010 g/mol. The second-order valence-corrected chi connectivity index (χ2v) is 33.3. The Morgan fingerprint density at radius 2 is 0.885 bits per heavy atom. The summed E-state index contributed by atoms with van der Waals surface area (Å²) in [5.74, 6) is 7.39. The second kappa shape index (κ2) is 63.1. The number of aliphatic hydroxyl groups excluding tert-OH is 3. The topological polar surface area (TPSA) is 243 Å². The van der Waals surface area contributed by atoms with Crippen LogP contribution in [0.3, 0.4) is 0 Å². The summed E-state index contributed by atoms with van der Waals surface area (Å²) in [6.45, 7) is 15.5. The molecule has 130 heavy (non-hydrogen) atoms. The van der Waals surface area contributed by atoms with Crippen LogP contribution in [0.15, 0.2) is 219 Å². The van der Waals surface area contributed by atoms with Crippen LogP contribution >= 0.6 is 80.6 Å². The Morgan fingerprint density at radius 3 is 1.24 bits per heavy atom. The van der Waals surface area contributed by atoms with E-state index >= 15 is 0 Å². The van der Waals surface area contributed by atoms with Crippen molar-refractivity contribution in [2.45, 2.75) is 182 Å². The summed E-state index contributed by atoms with van der Waals surface area (Å²) in [6.07, 6.45) is 12.6. The molecule has 0 saturated carbocycles. The Hall–Kier alpha value is -10.1. The van der Waals surface area contributed by atoms with E-state index in [-0.39, 0.29) is 31.3 Å². The van der Waals surface area contributed by atoms with E-state index in [0.717, 1.165) is 155 Å². The molecule has 0 bridgehead atoms. The van der Waals surface area contributed by atoms with E-state index in [1.807, 2.05) is 159 Å². The molecule has 11 rings (SSSR count). The van der Waals surface area contributed by atoms with Crippen LogP contribution in [0.25, 0.3) is 44.1 Å². The summed E-state index contributed by atoms with van der Waals surface area (Å²) in [5.41, 5.74) is 14.4. The molecule has 29 heteroatoms. The van der Waals surface area contributed by atoms with Gasteiger partial charge in [-0.3, -0.25) is 4.79 Å². The number of carbonyl (C=O) groups excluding carboxylic acids is 5. The van der Waals surface area contributed by atoms with Crippen LogP contribution in [0.4, 0.5) is 35.9 Å². The molecule has 700 valence electrons. The predicted molar refractivity (Wildman–Crippen MR) is 522 cm³/mol. The minimum Gasteiger partial charge on any atom is -0.444 e. The third-order valence-electron chi connectivity index (χ3n) is 17.5. The fourth-order valence-electron chi connectivity index (χ4n) is 11.7. The average Bonchev–Trinajstić information content (AvgIpc) is 1.63. The van der Waals surface area contributed by atoms with Crippen molar-refractivity contribution in [1.29, 1.82) is 0 Å². The summed E-state index contributed by atoms with van der Waals surface area (Å²) in [6, 6.07) is 61.5. The minimum atomic E-state index is -4.76. The van der Waals surface area contributed by atoms with Gasteiger partial charge in [-0.05, 0) is 266 Å². The maximum absolute atomic E-state index is 12.5. The Kier molecular flexibility index (Phi) is 55.4. The zero-order chi connectivity index (χ0) is 96.5. The highest BCUT2D eigenvalue weighted by atomic mass is 127. The highest BCUT2D eigenvalue weighted by Gasteiger charge is 2.32. The fraction of sp³-hybridized carbons (Fsp3) is 0.337. The number of alkyl halides is 6. The number of hydrogen-bond donors (Lipinski definition) is 6. The van der Waals surface area contributed by atoms with Gasteiger partial charge in [-0.1, -0.05) is 192 Å². The first-order valence-corrected chi connectivity index (χ1v) is 44.9. The number of nitrogens with two attached hydrogens (primary N) is 1. The monoisotopic (exact) mass is 2010 g/mol. The predicted octanol–water partition coefficient (Wildman–Crippen LogP) is 26.0. The van der Waals surface area contributed by atoms with Gasteiger partial charge in [0.15, 0.2) is 0 Å². The van der Waals surface area contributed by atoms with Gasteiger partial charge < -0.3 is 69.4 Å². The van der Waals surface area contributed by atoms with Crippen LogP contribution in [0.5, 0.6) is 11.5 Å². The van der Waals surface area contributed by atoms with Gasteiger partial charge in [-0.2, -0.15) is 0 Å². The molecule has 2 amide bonds. The molecule has 9 aromatic carbocycles. The number of nitrogens with zero attached hydrogens (tertiary/aromatic N) is 2. The SMILES string of the molecule is C#CCCO.CC(C)(C)OC(=O)NCCCn1cc(-c2ccc(OC(F)(F)F)cc2)c2cc(C=O)ccc21.CCCc1ccc2c(c1)c(-c1ccc(OC(F)(F)F)cc1)cn2CCCNC(=O)OC(C)(C)C.CN.Clc1ccccc1I.O=CCCCc1ccccc1Cl.O=CCCCc1ccccc1Cl.OCCC#Cc1ccccc1Cl.OCCCCc1ccccc1Cl. The van der Waals surface area contributed by atoms with Crippen LogP contribution in [0.1, 0.15) is 157 Å². The first-order valence-electron chi connectivity index (χ1n) is 41.9. The highest BCUT2D eigenvalue weighted by Crippen LogP contribution is 2.37. The molecular weight excluding hydrogens is 1890 g/mol. The second-order valence-electron chi connectivity index (χ2n) is 30.1. The summed E-state index contributed by atoms with van der Waals surface area (Å²) in [4.78, 5) is 55.0. The number of halogens is 12. The third kappa shape index (κ3) is 47.7. The number of ether oxygens (including phenoxy) is 4. The standard InChI is InChI=1S/C26H31F3N2O3.C24H25F3N2O4.C10H13ClO.2C10H11ClO.C10H9ClO.C6H4ClI.C4H6O.CH5N/c1-5-7-18-8-13-23-21(16-18)22(19-9-11-20(12-10-19)33-26(27,28)29)17-31(23)15-6-14-30-24(32)34-25(2,3)4;1-23(2,3)33-22(31)28-11-4-12-29-14-20(19-13-16(15-30)5-10-21(19)29)17-6-8-18(9-7-17)32-24(25,26)27;4*11-10-7-2-1-5-9(10)6-3-4-8-12;7-5-3-1-2-4-6(5)8;1-2-3-4-5;1-2/h8-13,16-17H,5-7,14-15H2,1-4H3,(H,30,32);5-10,13-15H,4,11-12H2,1-3H3,(H,28,31);1-2,5,7,12H,3-4,6,8H2;2*1-2,5,7-8H,3-4,6H2;1-2,5,7,12H,4,8H2;1-4H;1,5H,3-4H2;2H2,1H3. The van der Waals surface area contributed by atoms with Crippen molar-refractivity contribution in [2.24, 2.45) is 5.73 Å². The van der Waals surface area contributed by atoms with Crippen LogP contribution in [-0.4, -0.2) is 119 Å². The highest BCUT2D eigenvalue weighted by molar-refractivity contribution is 14.1. The molecule has 7 N–H and O–H groups in total. The molecule has 0 radical (unpaired) electrons. The van der Waals surface area contributed by atoms with Gasteiger partial charge in [0.25, 0.3) is 0 Å². The molecule has 0 saturated heterocycles. The number of carbonyl (C=O) groups is 5. The quantitative estimate of drug-likeness (QED) is 0.00841. The molecule has 0 aliphatic rings. The number of amides is 2. The largest absolute Gasteiger partial charge is 0.573 e. The Morgan fingerprint density at radius 1 is 0.485 bits per heavy atom. The van der Waals surface area contributed by atoms with Crippen molar-refractivity contribution in [3.8, 4) is 57.9 Å². The number of hydrogen-bond acceptors (Lipinski definition) is 13. The number of alkyl carbamates (subject to hydrolysis) is 2. The van der Waals surface area contributed by atoms with E-state index < -0.39 is 36.1 Å². The van der Waals surface area contributed by atoms with E-state index in [2.05, 4.69) is 95.9 Å². The summed E-state index contributed by atoms with van der Waals surface area (Å²) in [7, 11) is 1.50. The maximum Gasteiger partial charge on any atom is 0.573 e. The first kappa shape index (κ1) is 114. The van der Waals surface area contributed by atoms with Gasteiger partial charge in [0.05, 0.1) is 23.3 Å². The van der Waals surface area contributed by atoms with Crippen LogP contribution < -0.4 is 25.8 Å². The smallest absolute Gasteiger partial charge is 0.444 e. The first-order chi connectivity index (χ1) is 62.0. The van der Waals surface area contributed by atoms with Crippen molar-refractivity contribution >= 4 is 133 Å². The zero-order valence-corrected chi connectivity index (χ0v) is 80.1. The Bertz CT molecular complexity index is 5190. The van der Waals surface area contributed by atoms with E-state index in [0.29, 0.717) is 80.9 Å². The number of benzene rings is 9. The molecule has 0 fully saturated rings. The molecule has 0 aliphatic heterocycles. The number of unbranched alkanes of at least 4 members (excludes halogenated alkanes) is 3. The van der Waals surface area contributed by atoms with Gasteiger partial charge in [-0.25, -0.2) is 9.59 Å². The Labute approximate surface area is 798 Å². The molecular formula is C101H115Cl5F6IN5O12. The van der Waals surface area contributed by atoms with Crippen molar-refractivity contribution in [2.75, 3.05) is 40.0 Å². The number of aliphatic hydroxyl groups is 3. The summed E-state index contributed by atoms with van der Waals surface area (Å²) in [5, 5.41) is 36.2. The number of rotatable bonds is 29. The zero-order valence-electron chi connectivity index (χ0n) is 74.2. The maximum atomic E-state index is 12.5. The van der Waals surface area contributed by atoms with Crippen LogP contribution in [-0.2, 0) is 57.8 Å². The van der Waals surface area contributed by atoms with Crippen LogP contribution in [0.2, 0.25) is 25.1 Å². The third-order valence-corrected chi connectivity index (χ3v) is 20.5. The molecule has 11 aromatic rings. The fourth-order valence-corrected chi connectivity index (χ4v) is 13.1. The number of aldehydes is 3. The number of terminal acetylenes is 1. The van der Waals surface area contributed by atoms with Crippen molar-refractivity contribution in [1.82, 2.24) is 19.8 Å². The lowest BCUT2D eigenvalue weighted by Crippen LogP contribution is -2.33. The molecule has 17 nitrogen and oxygen atoms in total. The lowest BCUT2D eigenvalue weighted by molar-refractivity contribution is -0.275. The van der Waals surface area contributed by atoms with Gasteiger partial charge in [0.2, 0.25) is 0 Å². The molecule has 0 aliphatic carbocycles. The lowest BCUT2D eigenvalue weighted by atomic mass is 10.0. The van der Waals surface area contributed by atoms with E-state index in [9.17, 15) is 50.3 Å². The summed E-state index contributed by atoms with van der Waals surface area (Å²) < 4.78 is 98.5. The number of nitrogens with one attached hydrogen (secondary N) is 2. The van der Waals surface area contributed by atoms with Gasteiger partial charge in [0, 0.05) is 134 Å².